The van der Waals surface area contributed by atoms with E-state index in [1.165, 1.54) is 38.1 Å². The Morgan fingerprint density at radius 1 is 1.12 bits per heavy atom. The molecule has 0 amide bonds. The molecule has 1 heterocycles. The van der Waals surface area contributed by atoms with Crippen LogP contribution in [0.25, 0.3) is 0 Å². The van der Waals surface area contributed by atoms with Gasteiger partial charge < -0.3 is 14.6 Å². The van der Waals surface area contributed by atoms with Gasteiger partial charge in [0.05, 0.1) is 5.56 Å². The highest BCUT2D eigenvalue weighted by Gasteiger charge is 2.32. The number of hydrogen-bond acceptors (Lipinski definition) is 4. The molecule has 0 spiro atoms. The first-order chi connectivity index (χ1) is 11.5. The Labute approximate surface area is 139 Å². The van der Waals surface area contributed by atoms with E-state index in [4.69, 9.17) is 14.6 Å². The van der Waals surface area contributed by atoms with E-state index < -0.39 is 35.0 Å². The molecule has 0 saturated carbocycles. The maximum atomic E-state index is 13.7. The Bertz CT molecular complexity index is 773. The van der Waals surface area contributed by atoms with Crippen LogP contribution in [0.1, 0.15) is 19.4 Å². The SMILES string of the molecule is CC(C)(Oc1ccc(Oc2ncc(C(F)(F)F)cc2F)cc1)C(=O)O. The van der Waals surface area contributed by atoms with Crippen molar-refractivity contribution >= 4 is 5.97 Å². The van der Waals surface area contributed by atoms with Crippen LogP contribution in [0.5, 0.6) is 17.4 Å². The fraction of sp³-hybridized carbons (Fsp3) is 0.250. The lowest BCUT2D eigenvalue weighted by Gasteiger charge is -2.21. The summed E-state index contributed by atoms with van der Waals surface area (Å²) in [5, 5.41) is 8.98. The highest BCUT2D eigenvalue weighted by Crippen LogP contribution is 2.32. The number of hydrogen-bond donors (Lipinski definition) is 1. The average molecular weight is 359 g/mol. The third-order valence-electron chi connectivity index (χ3n) is 3.06. The van der Waals surface area contributed by atoms with Crippen molar-refractivity contribution in [2.24, 2.45) is 0 Å². The van der Waals surface area contributed by atoms with Crippen LogP contribution in [-0.2, 0) is 11.0 Å². The minimum Gasteiger partial charge on any atom is -0.478 e. The molecule has 0 aliphatic heterocycles. The van der Waals surface area contributed by atoms with Gasteiger partial charge in [-0.15, -0.1) is 0 Å². The van der Waals surface area contributed by atoms with Crippen molar-refractivity contribution in [2.45, 2.75) is 25.6 Å². The second-order valence-electron chi connectivity index (χ2n) is 5.50. The van der Waals surface area contributed by atoms with Crippen molar-refractivity contribution in [3.05, 3.63) is 47.9 Å². The summed E-state index contributed by atoms with van der Waals surface area (Å²) in [5.41, 5.74) is -2.68. The van der Waals surface area contributed by atoms with Gasteiger partial charge in [-0.2, -0.15) is 13.2 Å². The summed E-state index contributed by atoms with van der Waals surface area (Å²) in [6.45, 7) is 2.72. The molecule has 25 heavy (non-hydrogen) atoms. The maximum absolute atomic E-state index is 13.7. The molecule has 2 rings (SSSR count). The van der Waals surface area contributed by atoms with E-state index in [0.29, 0.717) is 6.20 Å². The van der Waals surface area contributed by atoms with Crippen molar-refractivity contribution in [1.29, 1.82) is 0 Å². The maximum Gasteiger partial charge on any atom is 0.417 e. The molecule has 2 aromatic rings. The van der Waals surface area contributed by atoms with Crippen LogP contribution in [-0.4, -0.2) is 21.7 Å². The Hall–Kier alpha value is -2.84. The molecule has 9 heteroatoms. The standard InChI is InChI=1S/C16H13F4NO4/c1-15(2,14(22)23)25-11-5-3-10(4-6-11)24-13-12(17)7-9(8-21-13)16(18,19)20/h3-8H,1-2H3,(H,22,23). The van der Waals surface area contributed by atoms with Gasteiger partial charge in [-0.1, -0.05) is 0 Å². The molecule has 1 aromatic carbocycles. The summed E-state index contributed by atoms with van der Waals surface area (Å²) in [7, 11) is 0. The molecule has 1 aromatic heterocycles. The molecule has 0 radical (unpaired) electrons. The highest BCUT2D eigenvalue weighted by molar-refractivity contribution is 5.76. The predicted octanol–water partition coefficient (Wildman–Crippen LogP) is 4.27. The minimum absolute atomic E-state index is 0.0895. The Morgan fingerprint density at radius 2 is 1.68 bits per heavy atom. The monoisotopic (exact) mass is 359 g/mol. The number of nitrogens with zero attached hydrogens (tertiary/aromatic N) is 1. The minimum atomic E-state index is -4.71. The smallest absolute Gasteiger partial charge is 0.417 e. The molecule has 134 valence electrons. The van der Waals surface area contributed by atoms with Crippen LogP contribution in [0.15, 0.2) is 36.5 Å². The van der Waals surface area contributed by atoms with Crippen molar-refractivity contribution in [3.8, 4) is 17.4 Å². The van der Waals surface area contributed by atoms with Crippen LogP contribution in [0, 0.1) is 5.82 Å². The van der Waals surface area contributed by atoms with E-state index in [9.17, 15) is 22.4 Å². The fourth-order valence-corrected chi connectivity index (χ4v) is 1.68. The van der Waals surface area contributed by atoms with Gasteiger partial charge >= 0.3 is 12.1 Å². The van der Waals surface area contributed by atoms with Gasteiger partial charge in [0.2, 0.25) is 0 Å². The molecule has 0 aliphatic rings. The number of benzene rings is 1. The largest absolute Gasteiger partial charge is 0.478 e. The van der Waals surface area contributed by atoms with Crippen LogP contribution in [0.2, 0.25) is 0 Å². The van der Waals surface area contributed by atoms with Crippen molar-refractivity contribution in [1.82, 2.24) is 4.98 Å². The zero-order valence-corrected chi connectivity index (χ0v) is 13.1. The lowest BCUT2D eigenvalue weighted by Crippen LogP contribution is -2.37. The van der Waals surface area contributed by atoms with E-state index in [1.807, 2.05) is 0 Å². The summed E-state index contributed by atoms with van der Waals surface area (Å²) < 4.78 is 61.4. The van der Waals surface area contributed by atoms with E-state index >= 15 is 0 Å². The zero-order valence-electron chi connectivity index (χ0n) is 13.1. The first-order valence-electron chi connectivity index (χ1n) is 6.92. The van der Waals surface area contributed by atoms with E-state index in [2.05, 4.69) is 4.98 Å². The van der Waals surface area contributed by atoms with Crippen molar-refractivity contribution < 1.29 is 36.9 Å². The quantitative estimate of drug-likeness (QED) is 0.808. The average Bonchev–Trinajstić information content (AvgIpc) is 2.49. The molecule has 0 saturated heterocycles. The molecule has 1 N–H and O–H groups in total. The number of carboxylic acids is 1. The summed E-state index contributed by atoms with van der Waals surface area (Å²) in [6, 6.07) is 5.72. The lowest BCUT2D eigenvalue weighted by molar-refractivity contribution is -0.152. The van der Waals surface area contributed by atoms with Crippen molar-refractivity contribution in [2.75, 3.05) is 0 Å². The van der Waals surface area contributed by atoms with Gasteiger partial charge in [-0.25, -0.2) is 14.2 Å². The van der Waals surface area contributed by atoms with Crippen LogP contribution >= 0.6 is 0 Å². The Morgan fingerprint density at radius 3 is 2.16 bits per heavy atom. The normalized spacial score (nSPS) is 11.9. The van der Waals surface area contributed by atoms with Gasteiger partial charge in [0.1, 0.15) is 11.5 Å². The molecular formula is C16H13F4NO4. The number of ether oxygens (including phenoxy) is 2. The summed E-state index contributed by atoms with van der Waals surface area (Å²) >= 11 is 0. The van der Waals surface area contributed by atoms with Gasteiger partial charge in [0, 0.05) is 6.20 Å². The number of rotatable bonds is 5. The van der Waals surface area contributed by atoms with Crippen LogP contribution in [0.3, 0.4) is 0 Å². The molecule has 0 unspecified atom stereocenters. The van der Waals surface area contributed by atoms with E-state index in [1.54, 1.807) is 0 Å². The predicted molar refractivity (Wildman–Crippen MR) is 78.1 cm³/mol. The first kappa shape index (κ1) is 18.5. The molecule has 0 fully saturated rings. The zero-order chi connectivity index (χ0) is 18.8. The molecular weight excluding hydrogens is 346 g/mol. The van der Waals surface area contributed by atoms with E-state index in [-0.39, 0.29) is 17.6 Å². The molecule has 0 atom stereocenters. The molecule has 0 bridgehead atoms. The molecule has 5 nitrogen and oxygen atoms in total. The fourth-order valence-electron chi connectivity index (χ4n) is 1.68. The Kier molecular flexibility index (Phi) is 4.87. The number of carboxylic acid groups (broad SMARTS) is 1. The lowest BCUT2D eigenvalue weighted by atomic mass is 10.1. The number of carbonyl (C=O) groups is 1. The van der Waals surface area contributed by atoms with Gasteiger partial charge in [0.15, 0.2) is 11.4 Å². The van der Waals surface area contributed by atoms with Gasteiger partial charge in [0.25, 0.3) is 5.88 Å². The number of aromatic nitrogens is 1. The third-order valence-corrected chi connectivity index (χ3v) is 3.06. The molecule has 0 aliphatic carbocycles. The van der Waals surface area contributed by atoms with E-state index in [0.717, 1.165) is 0 Å². The third kappa shape index (κ3) is 4.59. The topological polar surface area (TPSA) is 68.7 Å². The van der Waals surface area contributed by atoms with Gasteiger partial charge in [-0.3, -0.25) is 0 Å². The Balaban J connectivity index is 2.13. The summed E-state index contributed by atoms with van der Waals surface area (Å²) in [5.74, 6) is -2.73. The van der Waals surface area contributed by atoms with Crippen LogP contribution < -0.4 is 9.47 Å². The van der Waals surface area contributed by atoms with Crippen molar-refractivity contribution in [3.63, 3.8) is 0 Å². The number of aliphatic carboxylic acids is 1. The summed E-state index contributed by atoms with van der Waals surface area (Å²) in [6.07, 6.45) is -4.24. The first-order valence-corrected chi connectivity index (χ1v) is 6.92. The summed E-state index contributed by atoms with van der Waals surface area (Å²) in [4.78, 5) is 14.3. The second-order valence-corrected chi connectivity index (χ2v) is 5.50. The number of halogens is 4. The van der Waals surface area contributed by atoms with Crippen LogP contribution in [0.4, 0.5) is 17.6 Å². The highest BCUT2D eigenvalue weighted by atomic mass is 19.4. The second kappa shape index (κ2) is 6.58. The van der Waals surface area contributed by atoms with Gasteiger partial charge in [-0.05, 0) is 44.2 Å². The number of alkyl halides is 3. The number of pyridine rings is 1.